The molecule has 0 bridgehead atoms. The van der Waals surface area contributed by atoms with Crippen LogP contribution in [0, 0.1) is 0 Å². The molecule has 1 aromatic heterocycles. The molecule has 0 atom stereocenters. The Balaban J connectivity index is 1.95. The fourth-order valence-corrected chi connectivity index (χ4v) is 1.63. The van der Waals surface area contributed by atoms with Gasteiger partial charge >= 0.3 is 0 Å². The lowest BCUT2D eigenvalue weighted by molar-refractivity contribution is 0.0950. The van der Waals surface area contributed by atoms with E-state index < -0.39 is 11.7 Å². The predicted molar refractivity (Wildman–Crippen MR) is 66.8 cm³/mol. The summed E-state index contributed by atoms with van der Waals surface area (Å²) >= 11 is 0. The van der Waals surface area contributed by atoms with Gasteiger partial charge in [0.1, 0.15) is 12.2 Å². The van der Waals surface area contributed by atoms with Crippen LogP contribution < -0.4 is 5.32 Å². The van der Waals surface area contributed by atoms with E-state index in [1.807, 2.05) is 7.05 Å². The zero-order chi connectivity index (χ0) is 13.8. The van der Waals surface area contributed by atoms with Crippen LogP contribution in [0.4, 0.5) is 0 Å². The maximum Gasteiger partial charge on any atom is 0.255 e. The number of aryl methyl sites for hydroxylation is 1. The first kappa shape index (κ1) is 12.9. The van der Waals surface area contributed by atoms with Crippen LogP contribution in [0.25, 0.3) is 0 Å². The molecule has 0 fully saturated rings. The van der Waals surface area contributed by atoms with Gasteiger partial charge in [0.2, 0.25) is 0 Å². The molecular weight excluding hydrogens is 248 g/mol. The maximum atomic E-state index is 11.8. The molecule has 7 heteroatoms. The highest BCUT2D eigenvalue weighted by atomic mass is 16.3. The monoisotopic (exact) mass is 262 g/mol. The number of benzene rings is 1. The SMILES string of the molecule is Cn1cnnc1CCNC(=O)c1cccc(O)c1O. The van der Waals surface area contributed by atoms with Crippen molar-refractivity contribution in [3.63, 3.8) is 0 Å². The van der Waals surface area contributed by atoms with Gasteiger partial charge in [-0.1, -0.05) is 6.07 Å². The predicted octanol–water partition coefficient (Wildman–Crippen LogP) is 0.199. The number of rotatable bonds is 4. The van der Waals surface area contributed by atoms with Crippen molar-refractivity contribution in [2.75, 3.05) is 6.54 Å². The number of aromatic nitrogens is 3. The minimum Gasteiger partial charge on any atom is -0.504 e. The van der Waals surface area contributed by atoms with Crippen molar-refractivity contribution in [2.24, 2.45) is 7.05 Å². The molecule has 0 aliphatic carbocycles. The number of nitrogens with one attached hydrogen (secondary N) is 1. The van der Waals surface area contributed by atoms with Gasteiger partial charge in [0.05, 0.1) is 5.56 Å². The molecule has 19 heavy (non-hydrogen) atoms. The molecular formula is C12H14N4O3. The number of carbonyl (C=O) groups excluding carboxylic acids is 1. The summed E-state index contributed by atoms with van der Waals surface area (Å²) in [5, 5.41) is 29.1. The van der Waals surface area contributed by atoms with Crippen molar-refractivity contribution in [3.8, 4) is 11.5 Å². The third-order valence-electron chi connectivity index (χ3n) is 2.70. The number of hydrogen-bond donors (Lipinski definition) is 3. The van der Waals surface area contributed by atoms with Crippen molar-refractivity contribution >= 4 is 5.91 Å². The Bertz CT molecular complexity index is 594. The third kappa shape index (κ3) is 2.82. The Hall–Kier alpha value is -2.57. The normalized spacial score (nSPS) is 10.4. The second kappa shape index (κ2) is 5.38. The van der Waals surface area contributed by atoms with Gasteiger partial charge in [0, 0.05) is 20.0 Å². The van der Waals surface area contributed by atoms with Crippen molar-refractivity contribution < 1.29 is 15.0 Å². The lowest BCUT2D eigenvalue weighted by atomic mass is 10.1. The highest BCUT2D eigenvalue weighted by molar-refractivity contribution is 5.97. The van der Waals surface area contributed by atoms with Gasteiger partial charge in [0.25, 0.3) is 5.91 Å². The highest BCUT2D eigenvalue weighted by Gasteiger charge is 2.13. The average molecular weight is 262 g/mol. The van der Waals surface area contributed by atoms with Crippen molar-refractivity contribution in [2.45, 2.75) is 6.42 Å². The molecule has 0 radical (unpaired) electrons. The number of aromatic hydroxyl groups is 2. The van der Waals surface area contributed by atoms with Gasteiger partial charge in [0.15, 0.2) is 11.5 Å². The topological polar surface area (TPSA) is 100 Å². The summed E-state index contributed by atoms with van der Waals surface area (Å²) in [7, 11) is 1.82. The van der Waals surface area contributed by atoms with E-state index in [1.54, 1.807) is 10.9 Å². The number of hydrogen-bond acceptors (Lipinski definition) is 5. The molecule has 1 aromatic carbocycles. The van der Waals surface area contributed by atoms with Gasteiger partial charge in [-0.25, -0.2) is 0 Å². The Kier molecular flexibility index (Phi) is 3.65. The van der Waals surface area contributed by atoms with E-state index in [9.17, 15) is 15.0 Å². The second-order valence-corrected chi connectivity index (χ2v) is 4.04. The van der Waals surface area contributed by atoms with Crippen LogP contribution in [-0.2, 0) is 13.5 Å². The Morgan fingerprint density at radius 2 is 2.21 bits per heavy atom. The molecule has 0 spiro atoms. The second-order valence-electron chi connectivity index (χ2n) is 4.04. The first-order valence-corrected chi connectivity index (χ1v) is 5.71. The lowest BCUT2D eigenvalue weighted by Crippen LogP contribution is -2.26. The number of phenolic OH excluding ortho intramolecular Hbond substituents is 2. The first-order valence-electron chi connectivity index (χ1n) is 5.71. The van der Waals surface area contributed by atoms with Gasteiger partial charge in [-0.15, -0.1) is 10.2 Å². The van der Waals surface area contributed by atoms with E-state index in [0.29, 0.717) is 13.0 Å². The zero-order valence-corrected chi connectivity index (χ0v) is 10.4. The molecule has 100 valence electrons. The molecule has 3 N–H and O–H groups in total. The smallest absolute Gasteiger partial charge is 0.255 e. The minimum absolute atomic E-state index is 0.0398. The maximum absolute atomic E-state index is 11.8. The molecule has 0 saturated carbocycles. The number of para-hydroxylation sites is 1. The third-order valence-corrected chi connectivity index (χ3v) is 2.70. The molecule has 1 amide bonds. The van der Waals surface area contributed by atoms with Crippen molar-refractivity contribution in [1.82, 2.24) is 20.1 Å². The van der Waals surface area contributed by atoms with E-state index in [2.05, 4.69) is 15.5 Å². The summed E-state index contributed by atoms with van der Waals surface area (Å²) in [4.78, 5) is 11.8. The highest BCUT2D eigenvalue weighted by Crippen LogP contribution is 2.27. The molecule has 7 nitrogen and oxygen atoms in total. The summed E-state index contributed by atoms with van der Waals surface area (Å²) in [6, 6.07) is 4.24. The lowest BCUT2D eigenvalue weighted by Gasteiger charge is -2.07. The molecule has 0 aliphatic rings. The quantitative estimate of drug-likeness (QED) is 0.683. The van der Waals surface area contributed by atoms with Crippen LogP contribution in [0.5, 0.6) is 11.5 Å². The molecule has 1 heterocycles. The van der Waals surface area contributed by atoms with Gasteiger partial charge in [-0.2, -0.15) is 0 Å². The van der Waals surface area contributed by atoms with Gasteiger partial charge in [-0.3, -0.25) is 4.79 Å². The summed E-state index contributed by atoms with van der Waals surface area (Å²) in [5.41, 5.74) is 0.0398. The molecule has 0 saturated heterocycles. The molecule has 0 unspecified atom stereocenters. The summed E-state index contributed by atoms with van der Waals surface area (Å²) < 4.78 is 1.76. The van der Waals surface area contributed by atoms with Crippen molar-refractivity contribution in [1.29, 1.82) is 0 Å². The fourth-order valence-electron chi connectivity index (χ4n) is 1.63. The van der Waals surface area contributed by atoms with E-state index in [0.717, 1.165) is 5.82 Å². The van der Waals surface area contributed by atoms with Crippen LogP contribution in [0.15, 0.2) is 24.5 Å². The first-order chi connectivity index (χ1) is 9.09. The minimum atomic E-state index is -0.449. The Labute approximate surface area is 109 Å². The Morgan fingerprint density at radius 1 is 1.42 bits per heavy atom. The fraction of sp³-hybridized carbons (Fsp3) is 0.250. The molecule has 0 aliphatic heterocycles. The van der Waals surface area contributed by atoms with Gasteiger partial charge < -0.3 is 20.1 Å². The summed E-state index contributed by atoms with van der Waals surface area (Å²) in [5.74, 6) is -0.435. The van der Waals surface area contributed by atoms with Crippen LogP contribution in [0.1, 0.15) is 16.2 Å². The number of nitrogens with zero attached hydrogens (tertiary/aromatic N) is 3. The number of phenols is 2. The molecule has 2 rings (SSSR count). The average Bonchev–Trinajstić information content (AvgIpc) is 2.78. The summed E-state index contributed by atoms with van der Waals surface area (Å²) in [6.45, 7) is 0.362. The standard InChI is InChI=1S/C12H14N4O3/c1-16-7-14-15-10(16)5-6-13-12(19)8-3-2-4-9(17)11(8)18/h2-4,7,17-18H,5-6H2,1H3,(H,13,19). The van der Waals surface area contributed by atoms with Crippen LogP contribution in [0.2, 0.25) is 0 Å². The van der Waals surface area contributed by atoms with Crippen LogP contribution in [0.3, 0.4) is 0 Å². The van der Waals surface area contributed by atoms with E-state index in [1.165, 1.54) is 18.2 Å². The van der Waals surface area contributed by atoms with Crippen molar-refractivity contribution in [3.05, 3.63) is 35.9 Å². The summed E-state index contributed by atoms with van der Waals surface area (Å²) in [6.07, 6.45) is 2.11. The Morgan fingerprint density at radius 3 is 2.89 bits per heavy atom. The van der Waals surface area contributed by atoms with Crippen LogP contribution >= 0.6 is 0 Å². The number of carbonyl (C=O) groups is 1. The van der Waals surface area contributed by atoms with Crippen LogP contribution in [-0.4, -0.2) is 37.4 Å². The van der Waals surface area contributed by atoms with E-state index in [4.69, 9.17) is 0 Å². The zero-order valence-electron chi connectivity index (χ0n) is 10.4. The molecule has 2 aromatic rings. The van der Waals surface area contributed by atoms with E-state index in [-0.39, 0.29) is 11.3 Å². The number of amides is 1. The van der Waals surface area contributed by atoms with E-state index >= 15 is 0 Å². The van der Waals surface area contributed by atoms with Gasteiger partial charge in [-0.05, 0) is 12.1 Å². The largest absolute Gasteiger partial charge is 0.504 e.